The van der Waals surface area contributed by atoms with Crippen LogP contribution in [0.5, 0.6) is 0 Å². The largest absolute Gasteiger partial charge is 0.478 e. The molecule has 2 fully saturated rings. The minimum atomic E-state index is -1.06. The lowest BCUT2D eigenvalue weighted by atomic mass is 10.1. The van der Waals surface area contributed by atoms with Gasteiger partial charge in [0.25, 0.3) is 5.91 Å². The van der Waals surface area contributed by atoms with Crippen LogP contribution in [0.2, 0.25) is 0 Å². The van der Waals surface area contributed by atoms with Gasteiger partial charge in [-0.25, -0.2) is 9.69 Å². The molecule has 1 atom stereocenters. The van der Waals surface area contributed by atoms with Crippen molar-refractivity contribution in [2.75, 3.05) is 36.0 Å². The van der Waals surface area contributed by atoms with Crippen LogP contribution in [-0.4, -0.2) is 65.8 Å². The Labute approximate surface area is 179 Å². The number of nitrogens with zero attached hydrogens (tertiary/aromatic N) is 3. The molecule has 2 amide bonds. The normalized spacial score (nSPS) is 19.7. The van der Waals surface area contributed by atoms with E-state index in [-0.39, 0.29) is 29.6 Å². The van der Waals surface area contributed by atoms with E-state index in [0.29, 0.717) is 37.4 Å². The number of carbonyl (C=O) groups excluding carboxylic acids is 3. The van der Waals surface area contributed by atoms with Crippen LogP contribution in [0.3, 0.4) is 0 Å². The number of benzene rings is 2. The van der Waals surface area contributed by atoms with Gasteiger partial charge in [-0.3, -0.25) is 19.3 Å². The summed E-state index contributed by atoms with van der Waals surface area (Å²) in [6, 6.07) is 12.7. The Hall–Kier alpha value is -3.52. The SMILES string of the molecule is CC(=O)c1ccc(N2CCN([C@H]3CC(=O)N(c4ccc(C(=O)O)cc4)C3=O)CC2)cc1. The van der Waals surface area contributed by atoms with E-state index in [0.717, 1.165) is 10.6 Å². The predicted octanol–water partition coefficient (Wildman–Crippen LogP) is 2.04. The molecule has 0 spiro atoms. The van der Waals surface area contributed by atoms with Gasteiger partial charge >= 0.3 is 5.97 Å². The number of hydrogen-bond acceptors (Lipinski definition) is 6. The fraction of sp³-hybridized carbons (Fsp3) is 0.304. The van der Waals surface area contributed by atoms with Crippen molar-refractivity contribution in [2.45, 2.75) is 19.4 Å². The van der Waals surface area contributed by atoms with Gasteiger partial charge in [-0.05, 0) is 55.5 Å². The summed E-state index contributed by atoms with van der Waals surface area (Å²) in [6.45, 7) is 4.25. The van der Waals surface area contributed by atoms with E-state index in [1.54, 1.807) is 0 Å². The second-order valence-corrected chi connectivity index (χ2v) is 7.77. The van der Waals surface area contributed by atoms with Gasteiger partial charge in [-0.1, -0.05) is 0 Å². The van der Waals surface area contributed by atoms with Gasteiger partial charge in [0.15, 0.2) is 5.78 Å². The minimum Gasteiger partial charge on any atom is -0.478 e. The van der Waals surface area contributed by atoms with E-state index in [4.69, 9.17) is 5.11 Å². The molecule has 0 saturated carbocycles. The van der Waals surface area contributed by atoms with E-state index >= 15 is 0 Å². The van der Waals surface area contributed by atoms with E-state index < -0.39 is 12.0 Å². The Kier molecular flexibility index (Phi) is 5.56. The highest BCUT2D eigenvalue weighted by molar-refractivity contribution is 6.22. The number of carbonyl (C=O) groups is 4. The van der Waals surface area contributed by atoms with Gasteiger partial charge in [0, 0.05) is 37.4 Å². The average Bonchev–Trinajstić information content (AvgIpc) is 3.08. The van der Waals surface area contributed by atoms with Crippen molar-refractivity contribution >= 4 is 34.9 Å². The number of Topliss-reactive ketones (excluding diaryl/α,β-unsaturated/α-hetero) is 1. The quantitative estimate of drug-likeness (QED) is 0.583. The number of hydrogen-bond donors (Lipinski definition) is 1. The van der Waals surface area contributed by atoms with Gasteiger partial charge < -0.3 is 10.0 Å². The molecular formula is C23H23N3O5. The van der Waals surface area contributed by atoms with Gasteiger partial charge in [0.05, 0.1) is 23.7 Å². The number of carboxylic acids is 1. The van der Waals surface area contributed by atoms with Crippen LogP contribution >= 0.6 is 0 Å². The van der Waals surface area contributed by atoms with Crippen LogP contribution < -0.4 is 9.80 Å². The zero-order valence-electron chi connectivity index (χ0n) is 17.2. The number of carboxylic acid groups (broad SMARTS) is 1. The summed E-state index contributed by atoms with van der Waals surface area (Å²) in [5.41, 5.74) is 2.20. The summed E-state index contributed by atoms with van der Waals surface area (Å²) in [5, 5.41) is 9.03. The molecule has 8 heteroatoms. The summed E-state index contributed by atoms with van der Waals surface area (Å²) >= 11 is 0. The third kappa shape index (κ3) is 4.06. The lowest BCUT2D eigenvalue weighted by molar-refractivity contribution is -0.123. The molecule has 0 aromatic heterocycles. The standard InChI is InChI=1S/C23H23N3O5/c1-15(27)16-2-6-18(7-3-16)24-10-12-25(13-11-24)20-14-21(28)26(22(20)29)19-8-4-17(5-9-19)23(30)31/h2-9,20H,10-14H2,1H3,(H,30,31)/t20-/m0/s1. The first-order valence-electron chi connectivity index (χ1n) is 10.2. The number of piperazine rings is 1. The van der Waals surface area contributed by atoms with Crippen molar-refractivity contribution in [2.24, 2.45) is 0 Å². The van der Waals surface area contributed by atoms with E-state index in [1.807, 2.05) is 29.2 Å². The van der Waals surface area contributed by atoms with Crippen molar-refractivity contribution in [3.8, 4) is 0 Å². The summed E-state index contributed by atoms with van der Waals surface area (Å²) in [7, 11) is 0. The van der Waals surface area contributed by atoms with Crippen LogP contribution in [0.4, 0.5) is 11.4 Å². The zero-order valence-corrected chi connectivity index (χ0v) is 17.2. The molecule has 2 aliphatic rings. The highest BCUT2D eigenvalue weighted by Gasteiger charge is 2.43. The van der Waals surface area contributed by atoms with E-state index in [1.165, 1.54) is 31.2 Å². The molecule has 4 rings (SSSR count). The van der Waals surface area contributed by atoms with Crippen molar-refractivity contribution < 1.29 is 24.3 Å². The van der Waals surface area contributed by atoms with Crippen molar-refractivity contribution in [1.29, 1.82) is 0 Å². The molecule has 0 radical (unpaired) electrons. The topological polar surface area (TPSA) is 98.2 Å². The number of anilines is 2. The fourth-order valence-electron chi connectivity index (χ4n) is 4.12. The molecule has 2 saturated heterocycles. The van der Waals surface area contributed by atoms with Gasteiger partial charge in [0.1, 0.15) is 0 Å². The molecule has 2 heterocycles. The monoisotopic (exact) mass is 421 g/mol. The molecule has 0 unspecified atom stereocenters. The third-order valence-electron chi connectivity index (χ3n) is 5.89. The maximum absolute atomic E-state index is 13.0. The Morgan fingerprint density at radius 1 is 0.839 bits per heavy atom. The lowest BCUT2D eigenvalue weighted by Gasteiger charge is -2.38. The number of ketones is 1. The Morgan fingerprint density at radius 3 is 1.94 bits per heavy atom. The van der Waals surface area contributed by atoms with Crippen LogP contribution in [0.15, 0.2) is 48.5 Å². The second-order valence-electron chi connectivity index (χ2n) is 7.77. The fourth-order valence-corrected chi connectivity index (χ4v) is 4.12. The number of aromatic carboxylic acids is 1. The minimum absolute atomic E-state index is 0.0305. The molecule has 160 valence electrons. The van der Waals surface area contributed by atoms with Crippen molar-refractivity contribution in [3.63, 3.8) is 0 Å². The predicted molar refractivity (Wildman–Crippen MR) is 115 cm³/mol. The Balaban J connectivity index is 1.41. The summed E-state index contributed by atoms with van der Waals surface area (Å²) in [4.78, 5) is 53.4. The Bertz CT molecular complexity index is 1020. The molecule has 1 N–H and O–H groups in total. The highest BCUT2D eigenvalue weighted by Crippen LogP contribution is 2.27. The molecule has 2 aromatic carbocycles. The molecule has 2 aliphatic heterocycles. The zero-order chi connectivity index (χ0) is 22.1. The van der Waals surface area contributed by atoms with Crippen LogP contribution in [-0.2, 0) is 9.59 Å². The summed E-state index contributed by atoms with van der Waals surface area (Å²) in [6.07, 6.45) is 0.118. The summed E-state index contributed by atoms with van der Waals surface area (Å²) in [5.74, 6) is -1.58. The molecular weight excluding hydrogens is 398 g/mol. The number of rotatable bonds is 5. The van der Waals surface area contributed by atoms with Crippen LogP contribution in [0.25, 0.3) is 0 Å². The smallest absolute Gasteiger partial charge is 0.335 e. The van der Waals surface area contributed by atoms with Crippen LogP contribution in [0.1, 0.15) is 34.1 Å². The first kappa shape index (κ1) is 20.7. The second kappa shape index (κ2) is 8.31. The maximum Gasteiger partial charge on any atom is 0.335 e. The van der Waals surface area contributed by atoms with Crippen LogP contribution in [0, 0.1) is 0 Å². The molecule has 8 nitrogen and oxygen atoms in total. The van der Waals surface area contributed by atoms with Crippen molar-refractivity contribution in [1.82, 2.24) is 4.90 Å². The number of imide groups is 1. The Morgan fingerprint density at radius 2 is 1.39 bits per heavy atom. The first-order valence-corrected chi connectivity index (χ1v) is 10.2. The van der Waals surface area contributed by atoms with E-state index in [9.17, 15) is 19.2 Å². The number of amides is 2. The van der Waals surface area contributed by atoms with Crippen molar-refractivity contribution in [3.05, 3.63) is 59.7 Å². The maximum atomic E-state index is 13.0. The molecule has 0 bridgehead atoms. The van der Waals surface area contributed by atoms with E-state index in [2.05, 4.69) is 4.90 Å². The lowest BCUT2D eigenvalue weighted by Crippen LogP contribution is -2.52. The first-order chi connectivity index (χ1) is 14.8. The highest BCUT2D eigenvalue weighted by atomic mass is 16.4. The van der Waals surface area contributed by atoms with Gasteiger partial charge in [-0.2, -0.15) is 0 Å². The third-order valence-corrected chi connectivity index (χ3v) is 5.89. The molecule has 31 heavy (non-hydrogen) atoms. The molecule has 0 aliphatic carbocycles. The van der Waals surface area contributed by atoms with Gasteiger partial charge in [-0.15, -0.1) is 0 Å². The molecule has 2 aromatic rings. The van der Waals surface area contributed by atoms with Gasteiger partial charge in [0.2, 0.25) is 5.91 Å². The average molecular weight is 421 g/mol. The summed E-state index contributed by atoms with van der Waals surface area (Å²) < 4.78 is 0.